The van der Waals surface area contributed by atoms with Crippen LogP contribution in [0.1, 0.15) is 82.8 Å². The fraction of sp³-hybridized carbons (Fsp3) is 0.300. The Labute approximate surface area is 334 Å². The summed E-state index contributed by atoms with van der Waals surface area (Å²) in [4.78, 5) is 2.43. The van der Waals surface area contributed by atoms with E-state index >= 15 is 0 Å². The van der Waals surface area contributed by atoms with E-state index < -0.39 is 0 Å². The smallest absolute Gasteiger partial charge is 0.0626 e. The molecule has 242 valence electrons. The van der Waals surface area contributed by atoms with Crippen LogP contribution in [-0.2, 0) is 6.42 Å². The Balaban J connectivity index is 1.31. The Morgan fingerprint density at radius 3 is 1.65 bits per heavy atom. The van der Waals surface area contributed by atoms with E-state index in [9.17, 15) is 0 Å². The highest BCUT2D eigenvalue weighted by Crippen LogP contribution is 2.53. The van der Waals surface area contributed by atoms with Gasteiger partial charge in [-0.05, 0) is 142 Å². The zero-order valence-electron chi connectivity index (χ0n) is 26.5. The van der Waals surface area contributed by atoms with Crippen molar-refractivity contribution < 1.29 is 0 Å². The van der Waals surface area contributed by atoms with Gasteiger partial charge in [0.2, 0.25) is 0 Å². The summed E-state index contributed by atoms with van der Waals surface area (Å²) in [7, 11) is 0. The Morgan fingerprint density at radius 2 is 1.04 bits per heavy atom. The molecule has 1 aromatic carbocycles. The quantitative estimate of drug-likeness (QED) is 0.0863. The van der Waals surface area contributed by atoms with Crippen molar-refractivity contribution in [2.24, 2.45) is 0 Å². The van der Waals surface area contributed by atoms with Crippen molar-refractivity contribution in [1.29, 1.82) is 0 Å². The molecule has 0 bridgehead atoms. The first-order chi connectivity index (χ1) is 23.5. The van der Waals surface area contributed by atoms with Gasteiger partial charge in [0, 0.05) is 25.5 Å². The van der Waals surface area contributed by atoms with E-state index in [2.05, 4.69) is 153 Å². The average Bonchev–Trinajstić information content (AvgIpc) is 3.84. The van der Waals surface area contributed by atoms with Crippen LogP contribution in [0.3, 0.4) is 0 Å². The van der Waals surface area contributed by atoms with Gasteiger partial charge in [-0.3, -0.25) is 0 Å². The van der Waals surface area contributed by atoms with Gasteiger partial charge in [0.25, 0.3) is 0 Å². The summed E-state index contributed by atoms with van der Waals surface area (Å²) in [6, 6.07) is 4.46. The fourth-order valence-electron chi connectivity index (χ4n) is 5.23. The van der Waals surface area contributed by atoms with Crippen molar-refractivity contribution in [2.75, 3.05) is 0 Å². The molecular formula is C40H30Br4S4. The van der Waals surface area contributed by atoms with Gasteiger partial charge in [-0.1, -0.05) is 82.3 Å². The van der Waals surface area contributed by atoms with Crippen LogP contribution < -0.4 is 0 Å². The summed E-state index contributed by atoms with van der Waals surface area (Å²) < 4.78 is 9.50. The van der Waals surface area contributed by atoms with Crippen LogP contribution in [0, 0.1) is 59.2 Å². The van der Waals surface area contributed by atoms with Crippen LogP contribution in [0.5, 0.6) is 0 Å². The van der Waals surface area contributed by atoms with Crippen molar-refractivity contribution in [3.63, 3.8) is 0 Å². The molecule has 0 fully saturated rings. The summed E-state index contributed by atoms with van der Waals surface area (Å²) in [5.41, 5.74) is 4.79. The molecule has 0 saturated carbocycles. The molecular weight excluding hydrogens is 928 g/mol. The first-order valence-corrected chi connectivity index (χ1v) is 22.3. The molecule has 0 aliphatic rings. The highest BCUT2D eigenvalue weighted by Gasteiger charge is 2.23. The minimum atomic E-state index is 0.972. The van der Waals surface area contributed by atoms with Gasteiger partial charge >= 0.3 is 0 Å². The maximum atomic E-state index is 3.98. The maximum Gasteiger partial charge on any atom is 0.0626 e. The summed E-state index contributed by atoms with van der Waals surface area (Å²) in [5.74, 6) is 27.6. The third-order valence-electron chi connectivity index (χ3n) is 7.65. The third kappa shape index (κ3) is 9.13. The molecule has 0 radical (unpaired) electrons. The number of rotatable bonds is 12. The SMILES string of the molecule is CC#CC#CC#CC#CC#Cc1csc2c(Br)c(-c3ccc(-c4sc5c(CCCCCCCCCCC)csc5c4Br)c(Br)c3Br)sc12. The lowest BCUT2D eigenvalue weighted by Crippen LogP contribution is -1.85. The molecule has 0 aliphatic heterocycles. The molecule has 0 nitrogen and oxygen atoms in total. The highest BCUT2D eigenvalue weighted by molar-refractivity contribution is 9.13. The second-order valence-electron chi connectivity index (χ2n) is 11.0. The topological polar surface area (TPSA) is 0 Å². The van der Waals surface area contributed by atoms with Crippen LogP contribution in [0.4, 0.5) is 0 Å². The molecule has 0 aliphatic carbocycles. The lowest BCUT2D eigenvalue weighted by molar-refractivity contribution is 0.565. The number of thiophene rings is 4. The minimum Gasteiger partial charge on any atom is -0.141 e. The Hall–Kier alpha value is -1.74. The predicted octanol–water partition coefficient (Wildman–Crippen LogP) is 15.1. The first-order valence-electron chi connectivity index (χ1n) is 15.8. The van der Waals surface area contributed by atoms with E-state index in [1.54, 1.807) is 29.6 Å². The molecule has 5 aromatic rings. The zero-order valence-corrected chi connectivity index (χ0v) is 36.1. The Bertz CT molecular complexity index is 2250. The normalized spacial score (nSPS) is 10.3. The number of hydrogen-bond acceptors (Lipinski definition) is 4. The number of halogens is 4. The third-order valence-corrected chi connectivity index (χ3v) is 17.3. The van der Waals surface area contributed by atoms with E-state index in [-0.39, 0.29) is 0 Å². The minimum absolute atomic E-state index is 0.972. The number of hydrogen-bond donors (Lipinski definition) is 0. The second kappa shape index (κ2) is 19.0. The van der Waals surface area contributed by atoms with Crippen molar-refractivity contribution in [2.45, 2.75) is 78.1 Å². The van der Waals surface area contributed by atoms with Crippen molar-refractivity contribution in [1.82, 2.24) is 0 Å². The van der Waals surface area contributed by atoms with Gasteiger partial charge in [0.05, 0.1) is 43.1 Å². The average molecular weight is 959 g/mol. The molecule has 8 heteroatoms. The number of unbranched alkanes of at least 4 members (excludes halogenated alkanes) is 8. The highest BCUT2D eigenvalue weighted by atomic mass is 79.9. The van der Waals surface area contributed by atoms with Crippen LogP contribution in [-0.4, -0.2) is 0 Å². The zero-order chi connectivity index (χ0) is 33.9. The van der Waals surface area contributed by atoms with Gasteiger partial charge in [-0.15, -0.1) is 45.3 Å². The van der Waals surface area contributed by atoms with E-state index in [4.69, 9.17) is 0 Å². The second-order valence-corrected chi connectivity index (χ2v) is 17.9. The van der Waals surface area contributed by atoms with Crippen LogP contribution in [0.25, 0.3) is 39.7 Å². The van der Waals surface area contributed by atoms with Gasteiger partial charge in [0.15, 0.2) is 0 Å². The summed E-state index contributed by atoms with van der Waals surface area (Å²) in [6.45, 7) is 4.02. The number of aryl methyl sites for hydroxylation is 1. The first kappa shape index (κ1) is 37.5. The van der Waals surface area contributed by atoms with Gasteiger partial charge in [-0.2, -0.15) is 0 Å². The number of fused-ring (bicyclic) bond motifs is 2. The van der Waals surface area contributed by atoms with Gasteiger partial charge < -0.3 is 0 Å². The molecule has 0 atom stereocenters. The monoisotopic (exact) mass is 954 g/mol. The lowest BCUT2D eigenvalue weighted by Gasteiger charge is -2.10. The van der Waals surface area contributed by atoms with Crippen LogP contribution in [0.2, 0.25) is 0 Å². The van der Waals surface area contributed by atoms with Crippen molar-refractivity contribution >= 4 is 128 Å². The molecule has 48 heavy (non-hydrogen) atoms. The molecule has 4 aromatic heterocycles. The summed E-state index contributed by atoms with van der Waals surface area (Å²) in [5, 5.41) is 4.46. The fourth-order valence-corrected chi connectivity index (χ4v) is 13.6. The van der Waals surface area contributed by atoms with Crippen LogP contribution in [0.15, 0.2) is 40.8 Å². The summed E-state index contributed by atoms with van der Waals surface area (Å²) in [6.07, 6.45) is 13.4. The van der Waals surface area contributed by atoms with E-state index in [0.29, 0.717) is 0 Å². The van der Waals surface area contributed by atoms with E-state index in [1.165, 1.54) is 97.2 Å². The van der Waals surface area contributed by atoms with Crippen molar-refractivity contribution in [3.05, 3.63) is 51.9 Å². The van der Waals surface area contributed by atoms with Gasteiger partial charge in [0.1, 0.15) is 0 Å². The van der Waals surface area contributed by atoms with Gasteiger partial charge in [-0.25, -0.2) is 0 Å². The Morgan fingerprint density at radius 1 is 0.542 bits per heavy atom. The van der Waals surface area contributed by atoms with Crippen LogP contribution >= 0.6 is 109 Å². The largest absolute Gasteiger partial charge is 0.141 e. The Kier molecular flexibility index (Phi) is 14.9. The molecule has 0 spiro atoms. The van der Waals surface area contributed by atoms with E-state index in [1.807, 2.05) is 22.7 Å². The molecule has 4 heterocycles. The standard InChI is InChI=1S/C40H30Br4S4/c1-3-5-7-9-11-13-15-17-19-21-27-25-45-39-33(43)37(47-35(27)39)29-23-24-30(32(42)31(29)41)38-34(44)40-36(48-38)28(26-46-40)22-20-18-16-14-12-10-8-6-4-2/h23-26H,3,5,7,9,11,13,15,17,19,21H2,1-2H3. The number of benzene rings is 1. The lowest BCUT2D eigenvalue weighted by atomic mass is 10.0. The molecule has 0 N–H and O–H groups in total. The molecule has 5 rings (SSSR count). The van der Waals surface area contributed by atoms with Crippen molar-refractivity contribution in [3.8, 4) is 80.1 Å². The maximum absolute atomic E-state index is 3.98. The summed E-state index contributed by atoms with van der Waals surface area (Å²) >= 11 is 23.0. The molecule has 0 saturated heterocycles. The molecule has 0 unspecified atom stereocenters. The molecule has 0 amide bonds. The predicted molar refractivity (Wildman–Crippen MR) is 229 cm³/mol. The van der Waals surface area contributed by atoms with E-state index in [0.717, 1.165) is 35.7 Å².